The molecule has 1 heterocycles. The van der Waals surface area contributed by atoms with Crippen molar-refractivity contribution in [3.05, 3.63) is 59.9 Å². The topological polar surface area (TPSA) is 26.8 Å². The predicted molar refractivity (Wildman–Crippen MR) is 104 cm³/mol. The van der Waals surface area contributed by atoms with E-state index in [1.165, 1.54) is 12.1 Å². The average Bonchev–Trinajstić information content (AvgIpc) is 2.65. The fourth-order valence-electron chi connectivity index (χ4n) is 3.27. The lowest BCUT2D eigenvalue weighted by Gasteiger charge is -2.38. The van der Waals surface area contributed by atoms with E-state index < -0.39 is 0 Å². The molecule has 2 aromatic rings. The van der Waals surface area contributed by atoms with Gasteiger partial charge in [0.1, 0.15) is 5.82 Å². The Morgan fingerprint density at radius 3 is 2.42 bits per heavy atom. The van der Waals surface area contributed by atoms with Gasteiger partial charge < -0.3 is 14.7 Å². The molecule has 0 saturated carbocycles. The predicted octanol–water partition coefficient (Wildman–Crippen LogP) is 3.17. The lowest BCUT2D eigenvalue weighted by Crippen LogP contribution is -2.45. The fraction of sp³-hybridized carbons (Fsp3) is 0.381. The van der Waals surface area contributed by atoms with E-state index in [2.05, 4.69) is 30.0 Å². The highest BCUT2D eigenvalue weighted by atomic mass is 19.1. The van der Waals surface area contributed by atoms with Crippen molar-refractivity contribution < 1.29 is 9.18 Å². The van der Waals surface area contributed by atoms with E-state index in [9.17, 15) is 9.18 Å². The van der Waals surface area contributed by atoms with Crippen LogP contribution in [0.5, 0.6) is 0 Å². The van der Waals surface area contributed by atoms with Gasteiger partial charge in [0, 0.05) is 32.6 Å². The summed E-state index contributed by atoms with van der Waals surface area (Å²) in [6.45, 7) is 3.47. The molecule has 1 aliphatic heterocycles. The SMILES string of the molecule is CN(C)CCN1CCN(C(=O)CCc2ccc(F)cc2)c2ccccc21. The summed E-state index contributed by atoms with van der Waals surface area (Å²) in [7, 11) is 4.14. The fourth-order valence-corrected chi connectivity index (χ4v) is 3.27. The molecule has 3 rings (SSSR count). The second-order valence-electron chi connectivity index (χ2n) is 6.95. The molecule has 0 bridgehead atoms. The Balaban J connectivity index is 1.68. The lowest BCUT2D eigenvalue weighted by atomic mass is 10.1. The van der Waals surface area contributed by atoms with E-state index >= 15 is 0 Å². The van der Waals surface area contributed by atoms with Crippen LogP contribution in [0.1, 0.15) is 12.0 Å². The number of anilines is 2. The number of carbonyl (C=O) groups excluding carboxylic acids is 1. The van der Waals surface area contributed by atoms with Crippen LogP contribution in [0, 0.1) is 5.82 Å². The molecule has 0 aliphatic carbocycles. The van der Waals surface area contributed by atoms with Crippen molar-refractivity contribution >= 4 is 17.3 Å². The number of halogens is 1. The maximum atomic E-state index is 13.0. The van der Waals surface area contributed by atoms with E-state index in [-0.39, 0.29) is 11.7 Å². The minimum atomic E-state index is -0.247. The molecule has 0 atom stereocenters. The Kier molecular flexibility index (Phi) is 5.89. The number of benzene rings is 2. The van der Waals surface area contributed by atoms with Crippen molar-refractivity contribution in [1.82, 2.24) is 4.90 Å². The summed E-state index contributed by atoms with van der Waals surface area (Å²) in [5.74, 6) is -0.128. The summed E-state index contributed by atoms with van der Waals surface area (Å²) in [6, 6.07) is 14.5. The van der Waals surface area contributed by atoms with Crippen LogP contribution in [0.25, 0.3) is 0 Å². The number of para-hydroxylation sites is 2. The Hall–Kier alpha value is -2.40. The lowest BCUT2D eigenvalue weighted by molar-refractivity contribution is -0.118. The molecule has 0 radical (unpaired) electrons. The van der Waals surface area contributed by atoms with Gasteiger partial charge >= 0.3 is 0 Å². The zero-order valence-corrected chi connectivity index (χ0v) is 15.5. The minimum Gasteiger partial charge on any atom is -0.367 e. The zero-order chi connectivity index (χ0) is 18.5. The third kappa shape index (κ3) is 4.41. The van der Waals surface area contributed by atoms with Gasteiger partial charge in [-0.25, -0.2) is 4.39 Å². The molecule has 5 heteroatoms. The van der Waals surface area contributed by atoms with Crippen molar-refractivity contribution in [3.8, 4) is 0 Å². The van der Waals surface area contributed by atoms with Crippen LogP contribution in [-0.2, 0) is 11.2 Å². The number of carbonyl (C=O) groups is 1. The molecule has 4 nitrogen and oxygen atoms in total. The molecule has 0 unspecified atom stereocenters. The van der Waals surface area contributed by atoms with Gasteiger partial charge in [-0.1, -0.05) is 24.3 Å². The summed E-state index contributed by atoms with van der Waals surface area (Å²) < 4.78 is 13.0. The number of amides is 1. The molecule has 0 saturated heterocycles. The van der Waals surface area contributed by atoms with Crippen LogP contribution < -0.4 is 9.80 Å². The molecule has 1 aliphatic rings. The molecule has 0 aromatic heterocycles. The third-order valence-corrected chi connectivity index (χ3v) is 4.77. The molecule has 0 spiro atoms. The number of nitrogens with zero attached hydrogens (tertiary/aromatic N) is 3. The second-order valence-corrected chi connectivity index (χ2v) is 6.95. The molecule has 1 amide bonds. The summed E-state index contributed by atoms with van der Waals surface area (Å²) >= 11 is 0. The van der Waals surface area contributed by atoms with Crippen LogP contribution in [0.2, 0.25) is 0 Å². The summed E-state index contributed by atoms with van der Waals surface area (Å²) in [4.78, 5) is 19.2. The van der Waals surface area contributed by atoms with E-state index in [1.54, 1.807) is 12.1 Å². The molecule has 138 valence electrons. The first-order chi connectivity index (χ1) is 12.5. The average molecular weight is 355 g/mol. The first-order valence-corrected chi connectivity index (χ1v) is 9.08. The van der Waals surface area contributed by atoms with Crippen LogP contribution in [-0.4, -0.2) is 51.1 Å². The molecule has 0 fully saturated rings. The van der Waals surface area contributed by atoms with E-state index in [1.807, 2.05) is 23.1 Å². The van der Waals surface area contributed by atoms with Gasteiger partial charge in [0.25, 0.3) is 0 Å². The molecule has 0 N–H and O–H groups in total. The number of hydrogen-bond acceptors (Lipinski definition) is 3. The number of likely N-dealkylation sites (N-methyl/N-ethyl adjacent to an activating group) is 1. The monoisotopic (exact) mass is 355 g/mol. The highest BCUT2D eigenvalue weighted by molar-refractivity contribution is 5.98. The van der Waals surface area contributed by atoms with Crippen molar-refractivity contribution in [2.45, 2.75) is 12.8 Å². The Morgan fingerprint density at radius 1 is 1.04 bits per heavy atom. The van der Waals surface area contributed by atoms with Crippen LogP contribution >= 0.6 is 0 Å². The summed E-state index contributed by atoms with van der Waals surface area (Å²) in [5, 5.41) is 0. The van der Waals surface area contributed by atoms with Gasteiger partial charge in [-0.2, -0.15) is 0 Å². The Morgan fingerprint density at radius 2 is 1.73 bits per heavy atom. The van der Waals surface area contributed by atoms with Crippen molar-refractivity contribution in [3.63, 3.8) is 0 Å². The maximum absolute atomic E-state index is 13.0. The molecular weight excluding hydrogens is 329 g/mol. The van der Waals surface area contributed by atoms with Crippen LogP contribution in [0.3, 0.4) is 0 Å². The van der Waals surface area contributed by atoms with E-state index in [4.69, 9.17) is 0 Å². The van der Waals surface area contributed by atoms with Gasteiger partial charge in [0.15, 0.2) is 0 Å². The quantitative estimate of drug-likeness (QED) is 0.796. The number of fused-ring (bicyclic) bond motifs is 1. The third-order valence-electron chi connectivity index (χ3n) is 4.77. The molecule has 2 aromatic carbocycles. The second kappa shape index (κ2) is 8.32. The molecule has 26 heavy (non-hydrogen) atoms. The standard InChI is InChI=1S/C21H26FN3O/c1-23(2)13-14-24-15-16-25(20-6-4-3-5-19(20)24)21(26)12-9-17-7-10-18(22)11-8-17/h3-8,10-11H,9,12-16H2,1-2H3. The maximum Gasteiger partial charge on any atom is 0.227 e. The van der Waals surface area contributed by atoms with Crippen LogP contribution in [0.15, 0.2) is 48.5 Å². The molecular formula is C21H26FN3O. The van der Waals surface area contributed by atoms with Gasteiger partial charge in [-0.15, -0.1) is 0 Å². The van der Waals surface area contributed by atoms with Crippen molar-refractivity contribution in [2.24, 2.45) is 0 Å². The van der Waals surface area contributed by atoms with Gasteiger partial charge in [0.2, 0.25) is 5.91 Å². The minimum absolute atomic E-state index is 0.119. The number of aryl methyl sites for hydroxylation is 1. The van der Waals surface area contributed by atoms with Crippen molar-refractivity contribution in [1.29, 1.82) is 0 Å². The highest BCUT2D eigenvalue weighted by Gasteiger charge is 2.26. The zero-order valence-electron chi connectivity index (χ0n) is 15.5. The summed E-state index contributed by atoms with van der Waals surface area (Å²) in [6.07, 6.45) is 1.06. The van der Waals surface area contributed by atoms with E-state index in [0.29, 0.717) is 19.4 Å². The first-order valence-electron chi connectivity index (χ1n) is 9.08. The number of rotatable bonds is 6. The van der Waals surface area contributed by atoms with Crippen molar-refractivity contribution in [2.75, 3.05) is 50.1 Å². The Bertz CT molecular complexity index is 745. The van der Waals surface area contributed by atoms with Gasteiger partial charge in [-0.3, -0.25) is 4.79 Å². The smallest absolute Gasteiger partial charge is 0.227 e. The largest absolute Gasteiger partial charge is 0.367 e. The highest BCUT2D eigenvalue weighted by Crippen LogP contribution is 2.33. The van der Waals surface area contributed by atoms with Gasteiger partial charge in [-0.05, 0) is 50.3 Å². The van der Waals surface area contributed by atoms with Gasteiger partial charge in [0.05, 0.1) is 11.4 Å². The number of hydrogen-bond donors (Lipinski definition) is 0. The normalized spacial score (nSPS) is 13.8. The summed E-state index contributed by atoms with van der Waals surface area (Å²) in [5.41, 5.74) is 3.09. The Labute approximate surface area is 154 Å². The first kappa shape index (κ1) is 18.4. The van der Waals surface area contributed by atoms with Crippen LogP contribution in [0.4, 0.5) is 15.8 Å². The van der Waals surface area contributed by atoms with E-state index in [0.717, 1.165) is 36.6 Å².